The number of nitrogens with zero attached hydrogens (tertiary/aromatic N) is 3. The molecule has 7 nitrogen and oxygen atoms in total. The van der Waals surface area contributed by atoms with Crippen molar-refractivity contribution in [1.29, 1.82) is 0 Å². The van der Waals surface area contributed by atoms with E-state index in [-0.39, 0.29) is 18.4 Å². The Morgan fingerprint density at radius 3 is 2.85 bits per heavy atom. The van der Waals surface area contributed by atoms with Crippen LogP contribution < -0.4 is 16.0 Å². The van der Waals surface area contributed by atoms with Crippen LogP contribution in [0.5, 0.6) is 0 Å². The fourth-order valence-electron chi connectivity index (χ4n) is 3.63. The summed E-state index contributed by atoms with van der Waals surface area (Å²) < 4.78 is 0. The van der Waals surface area contributed by atoms with Crippen LogP contribution in [0.4, 0.5) is 11.5 Å². The molecule has 1 saturated heterocycles. The van der Waals surface area contributed by atoms with Gasteiger partial charge in [0.2, 0.25) is 11.8 Å². The van der Waals surface area contributed by atoms with Crippen LogP contribution in [0.1, 0.15) is 23.8 Å². The highest BCUT2D eigenvalue weighted by Crippen LogP contribution is 2.27. The molecule has 1 fully saturated rings. The van der Waals surface area contributed by atoms with Crippen LogP contribution in [-0.4, -0.2) is 46.9 Å². The Morgan fingerprint density at radius 1 is 1.30 bits per heavy atom. The fraction of sp³-hybridized carbons (Fsp3) is 0.421. The Labute approximate surface area is 162 Å². The average Bonchev–Trinajstić information content (AvgIpc) is 3.29. The lowest BCUT2D eigenvalue weighted by Gasteiger charge is -2.28. The highest BCUT2D eigenvalue weighted by molar-refractivity contribution is 7.10. The molecule has 27 heavy (non-hydrogen) atoms. The van der Waals surface area contributed by atoms with Gasteiger partial charge in [-0.15, -0.1) is 11.3 Å². The first kappa shape index (κ1) is 17.9. The quantitative estimate of drug-likeness (QED) is 0.837. The van der Waals surface area contributed by atoms with E-state index in [1.165, 1.54) is 17.4 Å². The Balaban J connectivity index is 1.40. The third-order valence-electron chi connectivity index (χ3n) is 5.34. The first-order valence-electron chi connectivity index (χ1n) is 9.07. The number of carbonyl (C=O) groups excluding carboxylic acids is 2. The molecule has 0 aromatic carbocycles. The van der Waals surface area contributed by atoms with Gasteiger partial charge in [0.05, 0.1) is 11.9 Å². The van der Waals surface area contributed by atoms with E-state index < -0.39 is 5.54 Å². The fourth-order valence-corrected chi connectivity index (χ4v) is 4.52. The van der Waals surface area contributed by atoms with Crippen LogP contribution in [0.2, 0.25) is 0 Å². The van der Waals surface area contributed by atoms with Crippen LogP contribution in [-0.2, 0) is 22.6 Å². The van der Waals surface area contributed by atoms with E-state index in [0.29, 0.717) is 18.7 Å². The number of likely N-dealkylation sites (tertiary alicyclic amines) is 1. The number of fused-ring (bicyclic) bond motifs is 1. The molecule has 2 aliphatic heterocycles. The number of pyridine rings is 1. The zero-order valence-electron chi connectivity index (χ0n) is 15.3. The number of aromatic nitrogens is 1. The number of thiophene rings is 1. The van der Waals surface area contributed by atoms with Crippen molar-refractivity contribution < 1.29 is 9.59 Å². The van der Waals surface area contributed by atoms with Crippen LogP contribution in [0.25, 0.3) is 0 Å². The summed E-state index contributed by atoms with van der Waals surface area (Å²) in [4.78, 5) is 33.9. The van der Waals surface area contributed by atoms with Crippen LogP contribution in [0.15, 0.2) is 29.8 Å². The number of nitrogens with one attached hydrogen (secondary N) is 1. The summed E-state index contributed by atoms with van der Waals surface area (Å²) in [6.07, 6.45) is 3.16. The van der Waals surface area contributed by atoms with Crippen molar-refractivity contribution in [2.24, 2.45) is 5.73 Å². The Kier molecular flexibility index (Phi) is 4.61. The number of nitrogens with two attached hydrogens (primary N) is 1. The average molecular weight is 385 g/mol. The molecule has 1 atom stereocenters. The van der Waals surface area contributed by atoms with E-state index in [4.69, 9.17) is 5.73 Å². The first-order chi connectivity index (χ1) is 12.9. The summed E-state index contributed by atoms with van der Waals surface area (Å²) in [6.45, 7) is 4.06. The first-order valence-corrected chi connectivity index (χ1v) is 9.95. The Bertz CT molecular complexity index is 865. The van der Waals surface area contributed by atoms with Gasteiger partial charge in [0.1, 0.15) is 11.4 Å². The van der Waals surface area contributed by atoms with Crippen LogP contribution in [0, 0.1) is 0 Å². The maximum absolute atomic E-state index is 12.6. The van der Waals surface area contributed by atoms with E-state index >= 15 is 0 Å². The van der Waals surface area contributed by atoms with Crippen LogP contribution in [0.3, 0.4) is 0 Å². The van der Waals surface area contributed by atoms with Crippen molar-refractivity contribution in [3.63, 3.8) is 0 Å². The summed E-state index contributed by atoms with van der Waals surface area (Å²) in [5, 5.41) is 4.98. The predicted molar refractivity (Wildman–Crippen MR) is 106 cm³/mol. The molecule has 4 rings (SSSR count). The van der Waals surface area contributed by atoms with Crippen molar-refractivity contribution in [2.45, 2.75) is 31.8 Å². The third-order valence-corrected chi connectivity index (χ3v) is 6.36. The molecule has 142 valence electrons. The molecule has 3 N–H and O–H groups in total. The molecule has 2 aromatic rings. The second-order valence-corrected chi connectivity index (χ2v) is 8.25. The van der Waals surface area contributed by atoms with Gasteiger partial charge in [0.25, 0.3) is 0 Å². The predicted octanol–water partition coefficient (Wildman–Crippen LogP) is 1.59. The number of carbonyl (C=O) groups is 2. The van der Waals surface area contributed by atoms with Gasteiger partial charge >= 0.3 is 0 Å². The van der Waals surface area contributed by atoms with Gasteiger partial charge in [-0.3, -0.25) is 9.59 Å². The van der Waals surface area contributed by atoms with E-state index in [1.54, 1.807) is 11.1 Å². The number of rotatable bonds is 3. The standard InChI is InChI=1S/C19H23N5O2S/c1-13(25)24-8-6-19(20,12-24)18(26)22-15-2-3-17(21-10-15)23-7-4-16-14(11-23)5-9-27-16/h2-3,5,9-10H,4,6-8,11-12,20H2,1H3,(H,22,26). The molecule has 2 aliphatic rings. The minimum absolute atomic E-state index is 0.0588. The number of amides is 2. The van der Waals surface area contributed by atoms with Gasteiger partial charge in [-0.1, -0.05) is 0 Å². The molecule has 8 heteroatoms. The summed E-state index contributed by atoms with van der Waals surface area (Å²) in [6, 6.07) is 5.95. The monoisotopic (exact) mass is 385 g/mol. The largest absolute Gasteiger partial charge is 0.352 e. The van der Waals surface area contributed by atoms with Crippen molar-refractivity contribution in [3.8, 4) is 0 Å². The highest BCUT2D eigenvalue weighted by atomic mass is 32.1. The normalized spacial score (nSPS) is 21.9. The Hall–Kier alpha value is -2.45. The lowest BCUT2D eigenvalue weighted by molar-refractivity contribution is -0.128. The third kappa shape index (κ3) is 3.54. The maximum Gasteiger partial charge on any atom is 0.246 e. The topological polar surface area (TPSA) is 91.6 Å². The minimum atomic E-state index is -1.05. The second kappa shape index (κ2) is 6.94. The SMILES string of the molecule is CC(=O)N1CCC(N)(C(=O)Nc2ccc(N3CCc4sccc4C3)nc2)C1. The van der Waals surface area contributed by atoms with E-state index in [9.17, 15) is 9.59 Å². The summed E-state index contributed by atoms with van der Waals surface area (Å²) in [7, 11) is 0. The van der Waals surface area contributed by atoms with Gasteiger partial charge < -0.3 is 20.9 Å². The number of hydrogen-bond acceptors (Lipinski definition) is 6. The van der Waals surface area contributed by atoms with Gasteiger partial charge in [-0.2, -0.15) is 0 Å². The van der Waals surface area contributed by atoms with Gasteiger partial charge in [-0.25, -0.2) is 4.98 Å². The number of hydrogen-bond donors (Lipinski definition) is 2. The smallest absolute Gasteiger partial charge is 0.246 e. The molecule has 0 radical (unpaired) electrons. The molecule has 2 amide bonds. The minimum Gasteiger partial charge on any atom is -0.352 e. The van der Waals surface area contributed by atoms with Gasteiger partial charge in [-0.05, 0) is 42.0 Å². The second-order valence-electron chi connectivity index (χ2n) is 7.25. The zero-order chi connectivity index (χ0) is 19.0. The van der Waals surface area contributed by atoms with Gasteiger partial charge in [0.15, 0.2) is 0 Å². The number of anilines is 2. The maximum atomic E-state index is 12.6. The van der Waals surface area contributed by atoms with Crippen LogP contribution >= 0.6 is 11.3 Å². The Morgan fingerprint density at radius 2 is 2.15 bits per heavy atom. The molecular weight excluding hydrogens is 362 g/mol. The van der Waals surface area contributed by atoms with E-state index in [1.807, 2.05) is 23.5 Å². The van der Waals surface area contributed by atoms with Crippen molar-refractivity contribution >= 4 is 34.7 Å². The van der Waals surface area contributed by atoms with Crippen molar-refractivity contribution in [2.75, 3.05) is 29.9 Å². The van der Waals surface area contributed by atoms with Crippen molar-refractivity contribution in [1.82, 2.24) is 9.88 Å². The lowest BCUT2D eigenvalue weighted by atomic mass is 9.99. The summed E-state index contributed by atoms with van der Waals surface area (Å²) >= 11 is 1.81. The molecule has 1 unspecified atom stereocenters. The molecule has 4 heterocycles. The molecule has 0 bridgehead atoms. The molecule has 2 aromatic heterocycles. The summed E-state index contributed by atoms with van der Waals surface area (Å²) in [5.74, 6) is 0.564. The lowest BCUT2D eigenvalue weighted by Crippen LogP contribution is -2.53. The highest BCUT2D eigenvalue weighted by Gasteiger charge is 2.42. The summed E-state index contributed by atoms with van der Waals surface area (Å²) in [5.41, 5.74) is 7.16. The molecule has 0 spiro atoms. The van der Waals surface area contributed by atoms with Crippen molar-refractivity contribution in [3.05, 3.63) is 40.2 Å². The molecule has 0 saturated carbocycles. The van der Waals surface area contributed by atoms with E-state index in [0.717, 1.165) is 25.3 Å². The molecule has 0 aliphatic carbocycles. The molecular formula is C19H23N5O2S. The van der Waals surface area contributed by atoms with E-state index in [2.05, 4.69) is 26.6 Å². The zero-order valence-corrected chi connectivity index (χ0v) is 16.1. The van der Waals surface area contributed by atoms with Gasteiger partial charge in [0, 0.05) is 38.0 Å².